The molecule has 1 aliphatic rings. The van der Waals surface area contributed by atoms with Gasteiger partial charge in [0.05, 0.1) is 10.6 Å². The Morgan fingerprint density at radius 3 is 2.74 bits per heavy atom. The molecule has 1 fully saturated rings. The first-order valence-corrected chi connectivity index (χ1v) is 7.05. The molecular formula is C13H18BrN3O2. The lowest BCUT2D eigenvalue weighted by molar-refractivity contribution is -0.385. The number of hydrogen-bond donors (Lipinski definition) is 1. The van der Waals surface area contributed by atoms with Crippen LogP contribution in [0.5, 0.6) is 0 Å². The number of halogens is 1. The van der Waals surface area contributed by atoms with E-state index >= 15 is 0 Å². The molecule has 1 saturated heterocycles. The van der Waals surface area contributed by atoms with Crippen molar-refractivity contribution in [3.05, 3.63) is 32.3 Å². The van der Waals surface area contributed by atoms with Crippen LogP contribution >= 0.6 is 15.9 Å². The van der Waals surface area contributed by atoms with Crippen molar-refractivity contribution in [1.29, 1.82) is 0 Å². The summed E-state index contributed by atoms with van der Waals surface area (Å²) < 4.78 is 0.778. The van der Waals surface area contributed by atoms with Gasteiger partial charge in [0, 0.05) is 41.3 Å². The van der Waals surface area contributed by atoms with Gasteiger partial charge >= 0.3 is 0 Å². The fourth-order valence-electron chi connectivity index (χ4n) is 2.49. The van der Waals surface area contributed by atoms with E-state index in [9.17, 15) is 10.1 Å². The van der Waals surface area contributed by atoms with Crippen LogP contribution in [0.2, 0.25) is 0 Å². The molecular weight excluding hydrogens is 310 g/mol. The maximum absolute atomic E-state index is 11.0. The Hall–Kier alpha value is -1.14. The average Bonchev–Trinajstić information content (AvgIpc) is 2.31. The molecule has 0 spiro atoms. The SMILES string of the molecule is Cc1cc(N2CCNCC2(C)C)c(Br)cc1[N+](=O)[O-]. The number of nitrogens with one attached hydrogen (secondary N) is 1. The third-order valence-electron chi connectivity index (χ3n) is 3.55. The molecule has 0 saturated carbocycles. The Bertz CT molecular complexity index is 517. The van der Waals surface area contributed by atoms with Crippen LogP contribution in [0.3, 0.4) is 0 Å². The van der Waals surface area contributed by atoms with Gasteiger partial charge in [-0.25, -0.2) is 0 Å². The number of hydrogen-bond acceptors (Lipinski definition) is 4. The van der Waals surface area contributed by atoms with Gasteiger partial charge in [0.2, 0.25) is 0 Å². The second-order valence-corrected chi connectivity index (χ2v) is 6.34. The molecule has 2 rings (SSSR count). The normalized spacial score (nSPS) is 18.4. The molecule has 0 aliphatic carbocycles. The molecule has 0 bridgehead atoms. The third kappa shape index (κ3) is 2.74. The zero-order valence-electron chi connectivity index (χ0n) is 11.4. The number of nitro benzene ring substituents is 1. The number of rotatable bonds is 2. The van der Waals surface area contributed by atoms with Crippen LogP contribution in [0.15, 0.2) is 16.6 Å². The Kier molecular flexibility index (Phi) is 3.82. The molecule has 0 aromatic heterocycles. The fraction of sp³-hybridized carbons (Fsp3) is 0.538. The van der Waals surface area contributed by atoms with Gasteiger partial charge in [0.1, 0.15) is 0 Å². The second kappa shape index (κ2) is 5.09. The van der Waals surface area contributed by atoms with E-state index in [1.807, 2.05) is 6.07 Å². The van der Waals surface area contributed by atoms with Gasteiger partial charge in [-0.05, 0) is 42.8 Å². The largest absolute Gasteiger partial charge is 0.363 e. The molecule has 1 aliphatic heterocycles. The highest BCUT2D eigenvalue weighted by Gasteiger charge is 2.31. The second-order valence-electron chi connectivity index (χ2n) is 5.49. The predicted molar refractivity (Wildman–Crippen MR) is 79.8 cm³/mol. The van der Waals surface area contributed by atoms with E-state index in [1.54, 1.807) is 13.0 Å². The third-order valence-corrected chi connectivity index (χ3v) is 4.19. The van der Waals surface area contributed by atoms with Crippen molar-refractivity contribution >= 4 is 27.3 Å². The summed E-state index contributed by atoms with van der Waals surface area (Å²) in [6.07, 6.45) is 0. The van der Waals surface area contributed by atoms with Gasteiger partial charge in [-0.1, -0.05) is 0 Å². The Labute approximate surface area is 121 Å². The number of anilines is 1. The smallest absolute Gasteiger partial charge is 0.273 e. The van der Waals surface area contributed by atoms with Crippen LogP contribution < -0.4 is 10.2 Å². The number of nitro groups is 1. The van der Waals surface area contributed by atoms with Gasteiger partial charge in [-0.15, -0.1) is 0 Å². The van der Waals surface area contributed by atoms with Gasteiger partial charge in [0.15, 0.2) is 0 Å². The van der Waals surface area contributed by atoms with Crippen LogP contribution in [-0.2, 0) is 0 Å². The molecule has 0 unspecified atom stereocenters. The monoisotopic (exact) mass is 327 g/mol. The highest BCUT2D eigenvalue weighted by atomic mass is 79.9. The van der Waals surface area contributed by atoms with E-state index in [1.165, 1.54) is 0 Å². The van der Waals surface area contributed by atoms with Crippen molar-refractivity contribution in [1.82, 2.24) is 5.32 Å². The fourth-order valence-corrected chi connectivity index (χ4v) is 3.03. The van der Waals surface area contributed by atoms with Crippen molar-refractivity contribution in [2.45, 2.75) is 26.3 Å². The van der Waals surface area contributed by atoms with E-state index in [-0.39, 0.29) is 16.1 Å². The molecule has 0 radical (unpaired) electrons. The van der Waals surface area contributed by atoms with Crippen LogP contribution in [0.4, 0.5) is 11.4 Å². The van der Waals surface area contributed by atoms with E-state index in [0.717, 1.165) is 29.8 Å². The van der Waals surface area contributed by atoms with Crippen LogP contribution in [0.25, 0.3) is 0 Å². The zero-order chi connectivity index (χ0) is 14.2. The molecule has 5 nitrogen and oxygen atoms in total. The summed E-state index contributed by atoms with van der Waals surface area (Å²) in [5.41, 5.74) is 1.86. The average molecular weight is 328 g/mol. The van der Waals surface area contributed by atoms with E-state index in [2.05, 4.69) is 40.0 Å². The van der Waals surface area contributed by atoms with Crippen molar-refractivity contribution < 1.29 is 4.92 Å². The van der Waals surface area contributed by atoms with Crippen LogP contribution in [-0.4, -0.2) is 30.1 Å². The van der Waals surface area contributed by atoms with Crippen molar-refractivity contribution in [2.75, 3.05) is 24.5 Å². The van der Waals surface area contributed by atoms with E-state index in [4.69, 9.17) is 0 Å². The Morgan fingerprint density at radius 1 is 1.47 bits per heavy atom. The summed E-state index contributed by atoms with van der Waals surface area (Å²) in [7, 11) is 0. The highest BCUT2D eigenvalue weighted by Crippen LogP contribution is 2.36. The van der Waals surface area contributed by atoms with Gasteiger partial charge < -0.3 is 10.2 Å². The highest BCUT2D eigenvalue weighted by molar-refractivity contribution is 9.10. The lowest BCUT2D eigenvalue weighted by atomic mass is 9.98. The van der Waals surface area contributed by atoms with Gasteiger partial charge in [-0.2, -0.15) is 0 Å². The summed E-state index contributed by atoms with van der Waals surface area (Å²) in [6, 6.07) is 3.50. The summed E-state index contributed by atoms with van der Waals surface area (Å²) >= 11 is 3.47. The van der Waals surface area contributed by atoms with Gasteiger partial charge in [0.25, 0.3) is 5.69 Å². The Balaban J connectivity index is 2.45. The summed E-state index contributed by atoms with van der Waals surface area (Å²) in [6.45, 7) is 8.83. The molecule has 1 aromatic rings. The minimum atomic E-state index is -0.341. The number of benzene rings is 1. The first kappa shape index (κ1) is 14.3. The zero-order valence-corrected chi connectivity index (χ0v) is 13.0. The summed E-state index contributed by atoms with van der Waals surface area (Å²) in [5.74, 6) is 0. The maximum Gasteiger partial charge on any atom is 0.273 e. The first-order valence-electron chi connectivity index (χ1n) is 6.26. The van der Waals surface area contributed by atoms with Gasteiger partial charge in [-0.3, -0.25) is 10.1 Å². The van der Waals surface area contributed by atoms with E-state index in [0.29, 0.717) is 5.56 Å². The standard InChI is InChI=1S/C13H18BrN3O2/c1-9-6-12(10(14)7-11(9)17(18)19)16-5-4-15-8-13(16,2)3/h6-7,15H,4-5,8H2,1-3H3. The molecule has 1 heterocycles. The molecule has 19 heavy (non-hydrogen) atoms. The van der Waals surface area contributed by atoms with Crippen molar-refractivity contribution in [3.63, 3.8) is 0 Å². The lowest BCUT2D eigenvalue weighted by Gasteiger charge is -2.45. The molecule has 0 atom stereocenters. The molecule has 0 amide bonds. The number of nitrogens with zero attached hydrogens (tertiary/aromatic N) is 2. The van der Waals surface area contributed by atoms with Crippen LogP contribution in [0.1, 0.15) is 19.4 Å². The number of aryl methyl sites for hydroxylation is 1. The topological polar surface area (TPSA) is 58.4 Å². The molecule has 6 heteroatoms. The van der Waals surface area contributed by atoms with Crippen molar-refractivity contribution in [3.8, 4) is 0 Å². The Morgan fingerprint density at radius 2 is 2.16 bits per heavy atom. The summed E-state index contributed by atoms with van der Waals surface area (Å²) in [5, 5.41) is 14.3. The molecule has 1 aromatic carbocycles. The van der Waals surface area contributed by atoms with Crippen molar-refractivity contribution in [2.24, 2.45) is 0 Å². The maximum atomic E-state index is 11.0. The minimum Gasteiger partial charge on any atom is -0.363 e. The first-order chi connectivity index (χ1) is 8.83. The van der Waals surface area contributed by atoms with Crippen LogP contribution in [0, 0.1) is 17.0 Å². The number of piperazine rings is 1. The summed E-state index contributed by atoms with van der Waals surface area (Å²) in [4.78, 5) is 12.9. The molecule has 104 valence electrons. The lowest BCUT2D eigenvalue weighted by Crippen LogP contribution is -2.58. The minimum absolute atomic E-state index is 0.0106. The molecule has 1 N–H and O–H groups in total. The van der Waals surface area contributed by atoms with E-state index < -0.39 is 0 Å². The quantitative estimate of drug-likeness (QED) is 0.670. The predicted octanol–water partition coefficient (Wildman–Crippen LogP) is 2.85.